The maximum absolute atomic E-state index is 13.3. The van der Waals surface area contributed by atoms with Gasteiger partial charge in [0.1, 0.15) is 6.07 Å². The number of hydrogen-bond acceptors (Lipinski definition) is 5. The molecule has 1 aromatic carbocycles. The van der Waals surface area contributed by atoms with E-state index in [9.17, 15) is 23.1 Å². The monoisotopic (exact) mass is 420 g/mol. The van der Waals surface area contributed by atoms with Crippen molar-refractivity contribution in [3.63, 3.8) is 0 Å². The Labute approximate surface area is 169 Å². The molecule has 0 unspecified atom stereocenters. The number of aromatic nitrogens is 1. The number of hydrogen-bond donors (Lipinski definition) is 1. The number of nitriles is 1. The fraction of sp³-hybridized carbons (Fsp3) is 0.263. The van der Waals surface area contributed by atoms with Crippen molar-refractivity contribution in [1.29, 1.82) is 5.26 Å². The highest BCUT2D eigenvalue weighted by molar-refractivity contribution is 7.81. The number of amides is 1. The molecule has 1 aliphatic heterocycles. The van der Waals surface area contributed by atoms with Gasteiger partial charge in [0.15, 0.2) is 10.8 Å². The third kappa shape index (κ3) is 4.06. The minimum Gasteiger partial charge on any atom is -0.392 e. The smallest absolute Gasteiger partial charge is 0.392 e. The van der Waals surface area contributed by atoms with Crippen molar-refractivity contribution in [2.75, 3.05) is 16.3 Å². The van der Waals surface area contributed by atoms with Gasteiger partial charge in [-0.3, -0.25) is 9.69 Å². The Morgan fingerprint density at radius 2 is 2.03 bits per heavy atom. The maximum Gasteiger partial charge on any atom is 0.419 e. The van der Waals surface area contributed by atoms with Gasteiger partial charge in [-0.2, -0.15) is 18.4 Å². The summed E-state index contributed by atoms with van der Waals surface area (Å²) in [4.78, 5) is 18.8. The molecule has 0 saturated carbocycles. The highest BCUT2D eigenvalue weighted by Gasteiger charge is 2.37. The zero-order valence-electron chi connectivity index (χ0n) is 15.0. The Morgan fingerprint density at radius 1 is 1.31 bits per heavy atom. The molecule has 0 aliphatic carbocycles. The first-order chi connectivity index (χ1) is 13.8. The highest BCUT2D eigenvalue weighted by Crippen LogP contribution is 2.35. The molecule has 2 aromatic rings. The minimum absolute atomic E-state index is 0.0203. The van der Waals surface area contributed by atoms with Crippen LogP contribution in [-0.4, -0.2) is 27.7 Å². The van der Waals surface area contributed by atoms with Crippen LogP contribution in [0.4, 0.5) is 24.5 Å². The van der Waals surface area contributed by atoms with Crippen LogP contribution in [0.3, 0.4) is 0 Å². The first-order valence-electron chi connectivity index (χ1n) is 8.58. The van der Waals surface area contributed by atoms with Crippen LogP contribution in [-0.2, 0) is 17.6 Å². The van der Waals surface area contributed by atoms with E-state index in [2.05, 4.69) is 4.98 Å². The van der Waals surface area contributed by atoms with Crippen LogP contribution in [0.5, 0.6) is 0 Å². The van der Waals surface area contributed by atoms with Crippen molar-refractivity contribution >= 4 is 34.6 Å². The van der Waals surface area contributed by atoms with Gasteiger partial charge >= 0.3 is 6.18 Å². The van der Waals surface area contributed by atoms with Crippen LogP contribution in [0.1, 0.15) is 29.7 Å². The fourth-order valence-corrected chi connectivity index (χ4v) is 3.49. The Hall–Kier alpha value is -3.03. The summed E-state index contributed by atoms with van der Waals surface area (Å²) < 4.78 is 40.0. The summed E-state index contributed by atoms with van der Waals surface area (Å²) in [5.74, 6) is -0.474. The van der Waals surface area contributed by atoms with Crippen LogP contribution >= 0.6 is 12.2 Å². The molecule has 29 heavy (non-hydrogen) atoms. The molecule has 0 bridgehead atoms. The van der Waals surface area contributed by atoms with E-state index in [4.69, 9.17) is 17.5 Å². The highest BCUT2D eigenvalue weighted by atomic mass is 32.1. The second-order valence-corrected chi connectivity index (χ2v) is 6.62. The normalized spacial score (nSPS) is 15.3. The number of benzene rings is 1. The van der Waals surface area contributed by atoms with Gasteiger partial charge in [0, 0.05) is 24.2 Å². The Balaban J connectivity index is 2.09. The van der Waals surface area contributed by atoms with Crippen LogP contribution in [0.2, 0.25) is 0 Å². The second-order valence-electron chi connectivity index (χ2n) is 6.25. The van der Waals surface area contributed by atoms with E-state index in [1.165, 1.54) is 6.07 Å². The first kappa shape index (κ1) is 20.7. The maximum atomic E-state index is 13.3. The minimum atomic E-state index is -4.81. The van der Waals surface area contributed by atoms with Crippen LogP contribution < -0.4 is 9.80 Å². The number of aliphatic hydroxyl groups excluding tert-OH is 1. The standard InChI is InChI=1S/C19H15F3N4O2S/c20-19(21,22)14-8-13(10-24-15(14)9-23)26-17(28)6-3-7-25(18(26)29)16-5-2-1-4-12(16)11-27/h1-2,4-5,8,10,27H,3,6-7,11H2. The average molecular weight is 420 g/mol. The molecule has 1 aliphatic rings. The van der Waals surface area contributed by atoms with Crippen LogP contribution in [0.25, 0.3) is 0 Å². The number of thiocarbonyl (C=S) groups is 1. The van der Waals surface area contributed by atoms with Gasteiger partial charge in [0.05, 0.1) is 24.1 Å². The van der Waals surface area contributed by atoms with E-state index in [0.717, 1.165) is 11.1 Å². The number of para-hydroxylation sites is 1. The molecule has 1 amide bonds. The Morgan fingerprint density at radius 3 is 2.69 bits per heavy atom. The third-order valence-electron chi connectivity index (χ3n) is 4.44. The number of nitrogens with zero attached hydrogens (tertiary/aromatic N) is 4. The SMILES string of the molecule is N#Cc1ncc(N2C(=O)CCCN(c3ccccc3CO)C2=S)cc1C(F)(F)F. The predicted molar refractivity (Wildman–Crippen MR) is 103 cm³/mol. The van der Waals surface area contributed by atoms with Gasteiger partial charge in [0.2, 0.25) is 5.91 Å². The summed E-state index contributed by atoms with van der Waals surface area (Å²) in [7, 11) is 0. The quantitative estimate of drug-likeness (QED) is 0.767. The van der Waals surface area contributed by atoms with Gasteiger partial charge in [0.25, 0.3) is 0 Å². The molecule has 10 heteroatoms. The van der Waals surface area contributed by atoms with Crippen LogP contribution in [0, 0.1) is 11.3 Å². The van der Waals surface area contributed by atoms with Gasteiger partial charge in [-0.25, -0.2) is 4.98 Å². The lowest BCUT2D eigenvalue weighted by molar-refractivity contribution is -0.138. The van der Waals surface area contributed by atoms with Crippen molar-refractivity contribution in [2.24, 2.45) is 0 Å². The second kappa shape index (κ2) is 8.14. The fourth-order valence-electron chi connectivity index (χ4n) is 3.09. The topological polar surface area (TPSA) is 80.5 Å². The first-order valence-corrected chi connectivity index (χ1v) is 8.99. The van der Waals surface area contributed by atoms with E-state index in [-0.39, 0.29) is 23.8 Å². The summed E-state index contributed by atoms with van der Waals surface area (Å²) in [5.41, 5.74) is -1.05. The number of rotatable bonds is 3. The zero-order chi connectivity index (χ0) is 21.2. The van der Waals surface area contributed by atoms with Gasteiger partial charge < -0.3 is 10.0 Å². The molecule has 1 N–H and O–H groups in total. The molecule has 1 fully saturated rings. The lowest BCUT2D eigenvalue weighted by atomic mass is 10.1. The molecule has 0 atom stereocenters. The molecule has 6 nitrogen and oxygen atoms in total. The number of halogens is 3. The molecule has 0 radical (unpaired) electrons. The number of anilines is 2. The number of pyridine rings is 1. The van der Waals surface area contributed by atoms with E-state index >= 15 is 0 Å². The van der Waals surface area contributed by atoms with Gasteiger partial charge in [-0.05, 0) is 30.8 Å². The number of carbonyl (C=O) groups excluding carboxylic acids is 1. The van der Waals surface area contributed by atoms with Crippen molar-refractivity contribution in [3.05, 3.63) is 53.3 Å². The molecule has 2 heterocycles. The summed E-state index contributed by atoms with van der Waals surface area (Å²) in [6, 6.07) is 8.99. The van der Waals surface area contributed by atoms with Crippen molar-refractivity contribution in [2.45, 2.75) is 25.6 Å². The summed E-state index contributed by atoms with van der Waals surface area (Å²) in [5, 5.41) is 18.5. The molecular formula is C19H15F3N4O2S. The van der Waals surface area contributed by atoms with E-state index in [0.29, 0.717) is 30.3 Å². The zero-order valence-corrected chi connectivity index (χ0v) is 15.8. The summed E-state index contributed by atoms with van der Waals surface area (Å²) in [6.45, 7) is 0.0911. The number of carbonyl (C=O) groups is 1. The summed E-state index contributed by atoms with van der Waals surface area (Å²) >= 11 is 5.46. The van der Waals surface area contributed by atoms with Gasteiger partial charge in [-0.1, -0.05) is 18.2 Å². The molecule has 0 spiro atoms. The third-order valence-corrected chi connectivity index (χ3v) is 4.84. The Bertz CT molecular complexity index is 1000. The van der Waals surface area contributed by atoms with Crippen LogP contribution in [0.15, 0.2) is 36.5 Å². The lowest BCUT2D eigenvalue weighted by Gasteiger charge is -2.31. The molecule has 3 rings (SSSR count). The predicted octanol–water partition coefficient (Wildman–Crippen LogP) is 3.38. The Kier molecular flexibility index (Phi) is 5.81. The number of alkyl halides is 3. The molecule has 150 valence electrons. The van der Waals surface area contributed by atoms with Crippen molar-refractivity contribution < 1.29 is 23.1 Å². The van der Waals surface area contributed by atoms with Crippen molar-refractivity contribution in [1.82, 2.24) is 4.98 Å². The van der Waals surface area contributed by atoms with E-state index in [1.807, 2.05) is 0 Å². The van der Waals surface area contributed by atoms with E-state index in [1.54, 1.807) is 29.2 Å². The summed E-state index contributed by atoms with van der Waals surface area (Å²) in [6.07, 6.45) is -3.29. The average Bonchev–Trinajstić information content (AvgIpc) is 2.84. The number of aliphatic hydroxyl groups is 1. The molecule has 1 aromatic heterocycles. The molecule has 1 saturated heterocycles. The lowest BCUT2D eigenvalue weighted by Crippen LogP contribution is -2.44. The van der Waals surface area contributed by atoms with Gasteiger partial charge in [-0.15, -0.1) is 0 Å². The largest absolute Gasteiger partial charge is 0.419 e. The van der Waals surface area contributed by atoms with E-state index < -0.39 is 23.3 Å². The van der Waals surface area contributed by atoms with Crippen molar-refractivity contribution in [3.8, 4) is 6.07 Å². The molecular weight excluding hydrogens is 405 g/mol.